The molecule has 0 aliphatic carbocycles. The lowest BCUT2D eigenvalue weighted by Crippen LogP contribution is -2.56. The van der Waals surface area contributed by atoms with Crippen LogP contribution in [0.15, 0.2) is 86.0 Å². The van der Waals surface area contributed by atoms with E-state index in [1.54, 1.807) is 17.1 Å². The maximum atomic E-state index is 14.4. The van der Waals surface area contributed by atoms with Gasteiger partial charge in [-0.25, -0.2) is 0 Å². The number of nitrogens with zero attached hydrogens (tertiary/aromatic N) is 2. The van der Waals surface area contributed by atoms with Crippen LogP contribution in [0, 0.1) is 11.8 Å². The average Bonchev–Trinajstić information content (AvgIpc) is 3.72. The summed E-state index contributed by atoms with van der Waals surface area (Å²) in [4.78, 5) is 58.2. The van der Waals surface area contributed by atoms with Crippen LogP contribution in [0.4, 0.5) is 0 Å². The molecule has 3 heterocycles. The largest absolute Gasteiger partial charge is 0.455 e. The molecular weight excluding hydrogens is 586 g/mol. The number of aliphatic hydroxyl groups excluding tert-OH is 1. The van der Waals surface area contributed by atoms with E-state index < -0.39 is 41.7 Å². The van der Waals surface area contributed by atoms with E-state index >= 15 is 0 Å². The van der Waals surface area contributed by atoms with Crippen LogP contribution in [-0.2, 0) is 35.2 Å². The summed E-state index contributed by atoms with van der Waals surface area (Å²) in [5.41, 5.74) is 0.435. The van der Waals surface area contributed by atoms with Gasteiger partial charge in [0.15, 0.2) is 0 Å². The lowest BCUT2D eigenvalue weighted by molar-refractivity contribution is -0.160. The molecule has 0 saturated carbocycles. The number of carbonyl (C=O) groups excluding carboxylic acids is 4. The molecule has 1 spiro atoms. The highest BCUT2D eigenvalue weighted by Gasteiger charge is 2.75. The number of benzene rings is 2. The SMILES string of the molecule is C=CCCC(=O)NC[C@@H](OC(=O)[C@@H]1[C@@H]2CC[C@]3(O2)[C@H](C(=O)N(CC=C)Cc2ccccc2)N(CCCO)C(=O)[C@@H]13)c1ccccc1. The fourth-order valence-electron chi connectivity index (χ4n) is 7.19. The first-order chi connectivity index (χ1) is 22.3. The molecule has 6 atom stereocenters. The monoisotopic (exact) mass is 629 g/mol. The van der Waals surface area contributed by atoms with Crippen molar-refractivity contribution in [2.75, 3.05) is 26.2 Å². The highest BCUT2D eigenvalue weighted by atomic mass is 16.6. The molecular formula is C36H43N3O7. The number of aliphatic hydroxyl groups is 1. The molecule has 2 bridgehead atoms. The lowest BCUT2D eigenvalue weighted by Gasteiger charge is -2.36. The fourth-order valence-corrected chi connectivity index (χ4v) is 7.19. The molecule has 3 amide bonds. The van der Waals surface area contributed by atoms with E-state index in [2.05, 4.69) is 18.5 Å². The summed E-state index contributed by atoms with van der Waals surface area (Å²) in [6.45, 7) is 8.13. The molecule has 5 rings (SSSR count). The Balaban J connectivity index is 1.42. The van der Waals surface area contributed by atoms with Gasteiger partial charge in [-0.2, -0.15) is 0 Å². The van der Waals surface area contributed by atoms with Crippen LogP contribution in [0.1, 0.15) is 49.3 Å². The summed E-state index contributed by atoms with van der Waals surface area (Å²) in [5, 5.41) is 12.5. The molecule has 244 valence electrons. The maximum Gasteiger partial charge on any atom is 0.313 e. The second kappa shape index (κ2) is 14.9. The predicted molar refractivity (Wildman–Crippen MR) is 171 cm³/mol. The molecule has 2 N–H and O–H groups in total. The topological polar surface area (TPSA) is 125 Å². The number of likely N-dealkylation sites (tertiary alicyclic amines) is 1. The molecule has 46 heavy (non-hydrogen) atoms. The van der Waals surface area contributed by atoms with Gasteiger partial charge in [-0.3, -0.25) is 19.2 Å². The minimum atomic E-state index is -1.20. The lowest BCUT2D eigenvalue weighted by atomic mass is 9.70. The van der Waals surface area contributed by atoms with Gasteiger partial charge in [0, 0.05) is 32.7 Å². The van der Waals surface area contributed by atoms with Crippen LogP contribution in [0.25, 0.3) is 0 Å². The van der Waals surface area contributed by atoms with Crippen molar-refractivity contribution >= 4 is 23.7 Å². The van der Waals surface area contributed by atoms with E-state index in [1.165, 1.54) is 4.90 Å². The minimum absolute atomic E-state index is 0.0630. The molecule has 3 aliphatic heterocycles. The highest BCUT2D eigenvalue weighted by molar-refractivity contribution is 5.98. The van der Waals surface area contributed by atoms with Crippen molar-refractivity contribution in [2.45, 2.75) is 62.5 Å². The molecule has 3 aliphatic rings. The molecule has 0 radical (unpaired) electrons. The molecule has 10 heteroatoms. The number of nitrogens with one attached hydrogen (secondary N) is 1. The van der Waals surface area contributed by atoms with E-state index in [1.807, 2.05) is 60.7 Å². The zero-order valence-electron chi connectivity index (χ0n) is 26.1. The van der Waals surface area contributed by atoms with Crippen LogP contribution in [-0.4, -0.2) is 82.6 Å². The standard InChI is InChI=1S/C36H43N3O7/c1-3-5-17-29(41)37-23-28(26-15-10-7-11-16-26)45-35(44)30-27-18-19-36(46-27)31(30)33(42)39(21-12-22-40)32(36)34(43)38(20-4-2)24-25-13-8-6-9-14-25/h3-4,6-11,13-16,27-28,30-32,40H,1-2,5,12,17-24H2,(H,37,41)/t27-,28+,30+,31+,32-,36+/m0/s1. The first-order valence-corrected chi connectivity index (χ1v) is 16.0. The summed E-state index contributed by atoms with van der Waals surface area (Å²) in [7, 11) is 0. The van der Waals surface area contributed by atoms with E-state index in [0.29, 0.717) is 31.4 Å². The van der Waals surface area contributed by atoms with Crippen molar-refractivity contribution in [1.82, 2.24) is 15.1 Å². The van der Waals surface area contributed by atoms with E-state index in [0.717, 1.165) is 5.56 Å². The number of amides is 3. The number of allylic oxidation sites excluding steroid dienone is 1. The Labute approximate surface area is 270 Å². The first kappa shape index (κ1) is 33.1. The quantitative estimate of drug-likeness (QED) is 0.216. The number of hydrogen-bond donors (Lipinski definition) is 2. The van der Waals surface area contributed by atoms with Gasteiger partial charge < -0.3 is 29.7 Å². The summed E-state index contributed by atoms with van der Waals surface area (Å²) in [6.07, 6.45) is 3.95. The Morgan fingerprint density at radius 1 is 1.11 bits per heavy atom. The first-order valence-electron chi connectivity index (χ1n) is 16.0. The molecule has 2 aromatic rings. The van der Waals surface area contributed by atoms with Crippen molar-refractivity contribution in [3.8, 4) is 0 Å². The Hall–Kier alpha value is -4.28. The third-order valence-electron chi connectivity index (χ3n) is 9.23. The zero-order chi connectivity index (χ0) is 32.7. The Morgan fingerprint density at radius 2 is 1.83 bits per heavy atom. The average molecular weight is 630 g/mol. The van der Waals surface area contributed by atoms with Gasteiger partial charge in [0.25, 0.3) is 0 Å². The molecule has 3 saturated heterocycles. The number of fused-ring (bicyclic) bond motifs is 1. The van der Waals surface area contributed by atoms with Gasteiger partial charge in [0.05, 0.1) is 24.5 Å². The van der Waals surface area contributed by atoms with Gasteiger partial charge in [-0.05, 0) is 36.8 Å². The van der Waals surface area contributed by atoms with Crippen LogP contribution in [0.3, 0.4) is 0 Å². The predicted octanol–water partition coefficient (Wildman–Crippen LogP) is 3.33. The van der Waals surface area contributed by atoms with E-state index in [9.17, 15) is 24.3 Å². The molecule has 0 aromatic heterocycles. The molecule has 0 unspecified atom stereocenters. The second-order valence-electron chi connectivity index (χ2n) is 12.1. The number of ether oxygens (including phenoxy) is 2. The summed E-state index contributed by atoms with van der Waals surface area (Å²) >= 11 is 0. The normalized spacial score (nSPS) is 25.1. The second-order valence-corrected chi connectivity index (χ2v) is 12.1. The van der Waals surface area contributed by atoms with Gasteiger partial charge in [0.1, 0.15) is 17.7 Å². The number of esters is 1. The van der Waals surface area contributed by atoms with E-state index in [-0.39, 0.29) is 56.8 Å². The third-order valence-corrected chi connectivity index (χ3v) is 9.23. The van der Waals surface area contributed by atoms with Crippen molar-refractivity contribution in [2.24, 2.45) is 11.8 Å². The van der Waals surface area contributed by atoms with Crippen LogP contribution >= 0.6 is 0 Å². The van der Waals surface area contributed by atoms with Crippen molar-refractivity contribution in [3.63, 3.8) is 0 Å². The van der Waals surface area contributed by atoms with Crippen LogP contribution < -0.4 is 5.32 Å². The molecule has 2 aromatic carbocycles. The fraction of sp³-hybridized carbons (Fsp3) is 0.444. The van der Waals surface area contributed by atoms with Gasteiger partial charge >= 0.3 is 5.97 Å². The molecule has 3 fully saturated rings. The number of hydrogen-bond acceptors (Lipinski definition) is 7. The van der Waals surface area contributed by atoms with E-state index in [4.69, 9.17) is 9.47 Å². The molecule has 10 nitrogen and oxygen atoms in total. The smallest absolute Gasteiger partial charge is 0.313 e. The zero-order valence-corrected chi connectivity index (χ0v) is 26.1. The highest BCUT2D eigenvalue weighted by Crippen LogP contribution is 2.59. The maximum absolute atomic E-state index is 14.4. The minimum Gasteiger partial charge on any atom is -0.455 e. The van der Waals surface area contributed by atoms with Gasteiger partial charge in [0.2, 0.25) is 17.7 Å². The van der Waals surface area contributed by atoms with Crippen LogP contribution in [0.5, 0.6) is 0 Å². The third kappa shape index (κ3) is 6.64. The summed E-state index contributed by atoms with van der Waals surface area (Å²) < 4.78 is 12.6. The van der Waals surface area contributed by atoms with Crippen molar-refractivity contribution in [3.05, 3.63) is 97.1 Å². The van der Waals surface area contributed by atoms with Crippen LogP contribution in [0.2, 0.25) is 0 Å². The Bertz CT molecular complexity index is 1420. The number of carbonyl (C=O) groups is 4. The Kier molecular flexibility index (Phi) is 10.7. The van der Waals surface area contributed by atoms with Gasteiger partial charge in [-0.15, -0.1) is 13.2 Å². The van der Waals surface area contributed by atoms with Crippen molar-refractivity contribution in [1.29, 1.82) is 0 Å². The number of rotatable bonds is 16. The van der Waals surface area contributed by atoms with Crippen molar-refractivity contribution < 1.29 is 33.8 Å². The summed E-state index contributed by atoms with van der Waals surface area (Å²) in [5.74, 6) is -3.24. The van der Waals surface area contributed by atoms with Gasteiger partial charge in [-0.1, -0.05) is 72.8 Å². The summed E-state index contributed by atoms with van der Waals surface area (Å²) in [6, 6.07) is 17.8. The Morgan fingerprint density at radius 3 is 2.50 bits per heavy atom.